The molecule has 2 heterocycles. The van der Waals surface area contributed by atoms with Gasteiger partial charge in [-0.1, -0.05) is 11.8 Å². The van der Waals surface area contributed by atoms with Crippen molar-refractivity contribution in [3.63, 3.8) is 0 Å². The molecule has 25 heavy (non-hydrogen) atoms. The summed E-state index contributed by atoms with van der Waals surface area (Å²) >= 11 is 0. The summed E-state index contributed by atoms with van der Waals surface area (Å²) in [6.07, 6.45) is 3.20. The van der Waals surface area contributed by atoms with Crippen molar-refractivity contribution in [3.05, 3.63) is 40.3 Å². The number of amides is 2. The minimum absolute atomic E-state index is 0.107. The summed E-state index contributed by atoms with van der Waals surface area (Å²) in [5, 5.41) is 16.2. The van der Waals surface area contributed by atoms with Crippen LogP contribution in [0.15, 0.2) is 29.2 Å². The number of hydrogen-bond donors (Lipinski definition) is 2. The highest BCUT2D eigenvalue weighted by Gasteiger charge is 2.29. The Bertz CT molecular complexity index is 952. The van der Waals surface area contributed by atoms with Gasteiger partial charge in [0, 0.05) is 30.4 Å². The molecule has 1 fully saturated rings. The molecule has 1 unspecified atom stereocenters. The molecule has 2 aromatic rings. The fourth-order valence-electron chi connectivity index (χ4n) is 2.71. The predicted molar refractivity (Wildman–Crippen MR) is 90.6 cm³/mol. The zero-order chi connectivity index (χ0) is 17.8. The molecule has 1 aromatic carbocycles. The van der Waals surface area contributed by atoms with Gasteiger partial charge in [0.2, 0.25) is 5.91 Å². The van der Waals surface area contributed by atoms with E-state index in [1.165, 1.54) is 6.20 Å². The average Bonchev–Trinajstić information content (AvgIpc) is 2.60. The van der Waals surface area contributed by atoms with E-state index >= 15 is 0 Å². The Hall–Kier alpha value is -2.98. The lowest BCUT2D eigenvalue weighted by Gasteiger charge is -2.21. The maximum absolute atomic E-state index is 12.6. The number of fused-ring (bicyclic) bond motifs is 1. The Balaban J connectivity index is 1.92. The van der Waals surface area contributed by atoms with Gasteiger partial charge in [0.05, 0.1) is 11.6 Å². The highest BCUT2D eigenvalue weighted by atomic mass is 16.3. The summed E-state index contributed by atoms with van der Waals surface area (Å²) in [5.41, 5.74) is 0.386. The number of aliphatic hydroxyl groups is 1. The van der Waals surface area contributed by atoms with Gasteiger partial charge < -0.3 is 5.11 Å². The van der Waals surface area contributed by atoms with Crippen molar-refractivity contribution < 1.29 is 14.7 Å². The number of hydrogen-bond acceptors (Lipinski definition) is 5. The van der Waals surface area contributed by atoms with Gasteiger partial charge in [0.1, 0.15) is 6.04 Å². The molecule has 0 aliphatic carbocycles. The summed E-state index contributed by atoms with van der Waals surface area (Å²) in [5.74, 6) is 5.10. The van der Waals surface area contributed by atoms with Gasteiger partial charge in [-0.15, -0.1) is 0 Å². The van der Waals surface area contributed by atoms with E-state index in [1.54, 1.807) is 18.2 Å². The van der Waals surface area contributed by atoms with Crippen LogP contribution in [0.5, 0.6) is 0 Å². The van der Waals surface area contributed by atoms with Crippen LogP contribution < -0.4 is 10.9 Å². The first-order chi connectivity index (χ1) is 12.1. The minimum atomic E-state index is -0.771. The molecule has 0 saturated carbocycles. The van der Waals surface area contributed by atoms with Crippen LogP contribution in [-0.2, 0) is 9.59 Å². The number of carbonyl (C=O) groups is 2. The first-order valence-electron chi connectivity index (χ1n) is 8.05. The molecule has 0 bridgehead atoms. The van der Waals surface area contributed by atoms with Gasteiger partial charge in [-0.25, -0.2) is 4.68 Å². The lowest BCUT2D eigenvalue weighted by Crippen LogP contribution is -2.45. The SMILES string of the molecule is O=C1CCC(n2ncc3cc(C#CCCCO)ccc3c2=O)C(=O)N1. The second-order valence-electron chi connectivity index (χ2n) is 5.79. The van der Waals surface area contributed by atoms with Crippen molar-refractivity contribution in [1.82, 2.24) is 15.1 Å². The van der Waals surface area contributed by atoms with E-state index in [4.69, 9.17) is 5.11 Å². The van der Waals surface area contributed by atoms with E-state index in [2.05, 4.69) is 22.3 Å². The normalized spacial score (nSPS) is 17.1. The topological polar surface area (TPSA) is 101 Å². The quantitative estimate of drug-likeness (QED) is 0.482. The number of carbonyl (C=O) groups excluding carboxylic acids is 2. The average molecular weight is 339 g/mol. The summed E-state index contributed by atoms with van der Waals surface area (Å²) in [4.78, 5) is 35.8. The smallest absolute Gasteiger partial charge is 0.275 e. The van der Waals surface area contributed by atoms with Crippen LogP contribution in [0.3, 0.4) is 0 Å². The van der Waals surface area contributed by atoms with E-state index in [0.29, 0.717) is 23.6 Å². The van der Waals surface area contributed by atoms with Crippen molar-refractivity contribution >= 4 is 22.6 Å². The van der Waals surface area contributed by atoms with Gasteiger partial charge in [-0.3, -0.25) is 19.7 Å². The summed E-state index contributed by atoms with van der Waals surface area (Å²) in [6, 6.07) is 4.40. The molecular weight excluding hydrogens is 322 g/mol. The maximum Gasteiger partial charge on any atom is 0.275 e. The number of imide groups is 1. The lowest BCUT2D eigenvalue weighted by atomic mass is 10.1. The minimum Gasteiger partial charge on any atom is -0.396 e. The molecule has 1 saturated heterocycles. The Morgan fingerprint density at radius 1 is 1.32 bits per heavy atom. The number of nitrogens with one attached hydrogen (secondary N) is 1. The molecule has 2 amide bonds. The number of unbranched alkanes of at least 4 members (excludes halogenated alkanes) is 1. The Kier molecular flexibility index (Phi) is 4.91. The molecular formula is C18H17N3O4. The molecule has 0 spiro atoms. The molecule has 0 radical (unpaired) electrons. The fraction of sp³-hybridized carbons (Fsp3) is 0.333. The third-order valence-electron chi connectivity index (χ3n) is 4.01. The fourth-order valence-corrected chi connectivity index (χ4v) is 2.71. The zero-order valence-corrected chi connectivity index (χ0v) is 13.5. The number of benzene rings is 1. The second kappa shape index (κ2) is 7.28. The molecule has 1 aliphatic rings. The van der Waals surface area contributed by atoms with Gasteiger partial charge >= 0.3 is 0 Å². The zero-order valence-electron chi connectivity index (χ0n) is 13.5. The second-order valence-corrected chi connectivity index (χ2v) is 5.79. The van der Waals surface area contributed by atoms with Crippen LogP contribution in [0.4, 0.5) is 0 Å². The Morgan fingerprint density at radius 3 is 2.92 bits per heavy atom. The first-order valence-corrected chi connectivity index (χ1v) is 8.05. The maximum atomic E-state index is 12.6. The third-order valence-corrected chi connectivity index (χ3v) is 4.01. The largest absolute Gasteiger partial charge is 0.396 e. The van der Waals surface area contributed by atoms with E-state index in [0.717, 1.165) is 10.2 Å². The van der Waals surface area contributed by atoms with E-state index in [1.807, 2.05) is 0 Å². The van der Waals surface area contributed by atoms with Crippen molar-refractivity contribution in [2.45, 2.75) is 31.7 Å². The predicted octanol–water partition coefficient (Wildman–Crippen LogP) is 0.498. The van der Waals surface area contributed by atoms with Crippen molar-refractivity contribution in [3.8, 4) is 11.8 Å². The number of rotatable bonds is 3. The standard InChI is InChI=1S/C18H17N3O4/c22-9-3-1-2-4-12-5-6-14-13(10-12)11-19-21(18(14)25)15-7-8-16(23)20-17(15)24/h5-6,10-11,15,22H,1,3,7-9H2,(H,20,23,24). The Labute approximate surface area is 143 Å². The molecule has 7 nitrogen and oxygen atoms in total. The molecule has 7 heteroatoms. The van der Waals surface area contributed by atoms with Crippen molar-refractivity contribution in [2.75, 3.05) is 6.61 Å². The van der Waals surface area contributed by atoms with Gasteiger partial charge in [-0.2, -0.15) is 5.10 Å². The van der Waals surface area contributed by atoms with Crippen LogP contribution in [0, 0.1) is 11.8 Å². The molecule has 128 valence electrons. The summed E-state index contributed by atoms with van der Waals surface area (Å²) in [6.45, 7) is 0.107. The third kappa shape index (κ3) is 3.59. The van der Waals surface area contributed by atoms with Gasteiger partial charge in [0.15, 0.2) is 0 Å². The van der Waals surface area contributed by atoms with Crippen LogP contribution >= 0.6 is 0 Å². The molecule has 3 rings (SSSR count). The van der Waals surface area contributed by atoms with E-state index in [9.17, 15) is 14.4 Å². The highest BCUT2D eigenvalue weighted by molar-refractivity contribution is 5.99. The summed E-state index contributed by atoms with van der Waals surface area (Å²) in [7, 11) is 0. The number of nitrogens with zero attached hydrogens (tertiary/aromatic N) is 2. The van der Waals surface area contributed by atoms with Crippen LogP contribution in [0.2, 0.25) is 0 Å². The molecule has 1 aromatic heterocycles. The molecule has 1 atom stereocenters. The van der Waals surface area contributed by atoms with E-state index < -0.39 is 11.9 Å². The van der Waals surface area contributed by atoms with Gasteiger partial charge in [0.25, 0.3) is 11.5 Å². The number of aliphatic hydroxyl groups excluding tert-OH is 1. The van der Waals surface area contributed by atoms with Crippen LogP contribution in [0.1, 0.15) is 37.3 Å². The highest BCUT2D eigenvalue weighted by Crippen LogP contribution is 2.17. The van der Waals surface area contributed by atoms with Gasteiger partial charge in [-0.05, 0) is 31.0 Å². The van der Waals surface area contributed by atoms with Crippen molar-refractivity contribution in [1.29, 1.82) is 0 Å². The first kappa shape index (κ1) is 16.9. The molecule has 2 N–H and O–H groups in total. The monoisotopic (exact) mass is 339 g/mol. The van der Waals surface area contributed by atoms with Crippen LogP contribution in [-0.4, -0.2) is 33.3 Å². The lowest BCUT2D eigenvalue weighted by molar-refractivity contribution is -0.136. The summed E-state index contributed by atoms with van der Waals surface area (Å²) < 4.78 is 1.14. The van der Waals surface area contributed by atoms with Crippen molar-refractivity contribution in [2.24, 2.45) is 0 Å². The number of aromatic nitrogens is 2. The van der Waals surface area contributed by atoms with Crippen LogP contribution in [0.25, 0.3) is 10.8 Å². The molecule has 1 aliphatic heterocycles. The number of piperidine rings is 1. The van der Waals surface area contributed by atoms with E-state index in [-0.39, 0.29) is 30.9 Å². The Morgan fingerprint density at radius 2 is 2.16 bits per heavy atom.